The van der Waals surface area contributed by atoms with Gasteiger partial charge in [-0.05, 0) is 52.7 Å². The number of aryl methyl sites for hydroxylation is 2. The van der Waals surface area contributed by atoms with E-state index in [-0.39, 0.29) is 11.6 Å². The van der Waals surface area contributed by atoms with E-state index in [4.69, 9.17) is 0 Å². The number of azo groups is 1. The van der Waals surface area contributed by atoms with Crippen molar-refractivity contribution in [3.05, 3.63) is 56.5 Å². The molecular formula is C16H13BrN4O3. The topological polar surface area (TPSA) is 93.0 Å². The fraction of sp³-hybridized carbons (Fsp3) is 0.125. The molecule has 3 rings (SSSR count). The number of halogens is 1. The summed E-state index contributed by atoms with van der Waals surface area (Å²) < 4.78 is 2.48. The molecule has 24 heavy (non-hydrogen) atoms. The fourth-order valence-corrected chi connectivity index (χ4v) is 3.33. The summed E-state index contributed by atoms with van der Waals surface area (Å²) in [5.41, 5.74) is 2.64. The highest BCUT2D eigenvalue weighted by Crippen LogP contribution is 2.42. The molecule has 0 amide bonds. The van der Waals surface area contributed by atoms with Gasteiger partial charge in [0.05, 0.1) is 16.1 Å². The molecule has 8 heteroatoms. The highest BCUT2D eigenvalue weighted by atomic mass is 79.9. The molecule has 0 bridgehead atoms. The average Bonchev–Trinajstić information content (AvgIpc) is 2.77. The Morgan fingerprint density at radius 3 is 2.50 bits per heavy atom. The van der Waals surface area contributed by atoms with Crippen LogP contribution in [0.3, 0.4) is 0 Å². The van der Waals surface area contributed by atoms with Gasteiger partial charge in [0.2, 0.25) is 5.88 Å². The first-order valence-corrected chi connectivity index (χ1v) is 7.81. The largest absolute Gasteiger partial charge is 0.493 e. The molecule has 0 unspecified atom stereocenters. The van der Waals surface area contributed by atoms with Gasteiger partial charge in [-0.15, -0.1) is 5.11 Å². The summed E-state index contributed by atoms with van der Waals surface area (Å²) in [6, 6.07) is 9.61. The van der Waals surface area contributed by atoms with Gasteiger partial charge in [0.1, 0.15) is 0 Å². The van der Waals surface area contributed by atoms with Crippen molar-refractivity contribution in [2.24, 2.45) is 17.3 Å². The van der Waals surface area contributed by atoms with Crippen LogP contribution in [-0.2, 0) is 7.05 Å². The molecule has 3 aromatic rings. The minimum Gasteiger partial charge on any atom is -0.493 e. The van der Waals surface area contributed by atoms with Crippen molar-refractivity contribution in [3.8, 4) is 5.88 Å². The fourth-order valence-electron chi connectivity index (χ4n) is 2.49. The molecule has 1 aromatic heterocycles. The van der Waals surface area contributed by atoms with Gasteiger partial charge in [0.15, 0.2) is 5.69 Å². The molecule has 0 saturated heterocycles. The van der Waals surface area contributed by atoms with E-state index in [9.17, 15) is 15.2 Å². The zero-order valence-corrected chi connectivity index (χ0v) is 14.5. The van der Waals surface area contributed by atoms with Gasteiger partial charge in [-0.25, -0.2) is 0 Å². The van der Waals surface area contributed by atoms with Crippen molar-refractivity contribution >= 4 is 43.9 Å². The number of rotatable bonds is 3. The molecule has 0 spiro atoms. The molecule has 7 nitrogen and oxygen atoms in total. The first kappa shape index (κ1) is 16.1. The molecule has 122 valence electrons. The lowest BCUT2D eigenvalue weighted by Gasteiger charge is -2.01. The molecule has 1 N–H and O–H groups in total. The van der Waals surface area contributed by atoms with Crippen LogP contribution in [0.2, 0.25) is 0 Å². The smallest absolute Gasteiger partial charge is 0.269 e. The Bertz CT molecular complexity index is 977. The number of aromatic nitrogens is 1. The minimum atomic E-state index is -0.474. The highest BCUT2D eigenvalue weighted by Gasteiger charge is 2.17. The van der Waals surface area contributed by atoms with Crippen molar-refractivity contribution in [2.75, 3.05) is 0 Å². The molecule has 0 saturated carbocycles. The summed E-state index contributed by atoms with van der Waals surface area (Å²) in [6.45, 7) is 1.95. The van der Waals surface area contributed by atoms with Gasteiger partial charge in [0, 0.05) is 29.0 Å². The van der Waals surface area contributed by atoms with Crippen molar-refractivity contribution < 1.29 is 10.0 Å². The molecule has 0 radical (unpaired) electrons. The predicted octanol–water partition coefficient (Wildman–Crippen LogP) is 5.28. The van der Waals surface area contributed by atoms with Crippen molar-refractivity contribution in [3.63, 3.8) is 0 Å². The summed E-state index contributed by atoms with van der Waals surface area (Å²) in [5, 5.41) is 30.0. The summed E-state index contributed by atoms with van der Waals surface area (Å²) in [4.78, 5) is 10.2. The van der Waals surface area contributed by atoms with Crippen molar-refractivity contribution in [1.82, 2.24) is 4.57 Å². The molecule has 1 heterocycles. The molecule has 0 aliphatic carbocycles. The van der Waals surface area contributed by atoms with E-state index in [1.54, 1.807) is 11.6 Å². The normalized spacial score (nSPS) is 11.5. The van der Waals surface area contributed by atoms with Gasteiger partial charge in [0.25, 0.3) is 5.69 Å². The third kappa shape index (κ3) is 2.76. The molecule has 0 aliphatic rings. The second-order valence-corrected chi connectivity index (χ2v) is 6.20. The van der Waals surface area contributed by atoms with Gasteiger partial charge in [-0.2, -0.15) is 5.11 Å². The van der Waals surface area contributed by atoms with Crippen LogP contribution in [0.15, 0.2) is 51.1 Å². The van der Waals surface area contributed by atoms with Crippen LogP contribution in [0.5, 0.6) is 5.88 Å². The Kier molecular flexibility index (Phi) is 4.06. The number of hydrogen-bond acceptors (Lipinski definition) is 5. The van der Waals surface area contributed by atoms with E-state index in [0.29, 0.717) is 11.4 Å². The molecule has 0 fully saturated rings. The van der Waals surface area contributed by atoms with Crippen LogP contribution < -0.4 is 0 Å². The number of hydrogen-bond donors (Lipinski definition) is 1. The number of nitro groups is 1. The second-order valence-electron chi connectivity index (χ2n) is 5.35. The Hall–Kier alpha value is -2.74. The maximum Gasteiger partial charge on any atom is 0.269 e. The lowest BCUT2D eigenvalue weighted by molar-refractivity contribution is -0.384. The van der Waals surface area contributed by atoms with E-state index in [2.05, 4.69) is 26.2 Å². The summed E-state index contributed by atoms with van der Waals surface area (Å²) in [6.07, 6.45) is 0. The third-order valence-corrected chi connectivity index (χ3v) is 4.26. The van der Waals surface area contributed by atoms with Gasteiger partial charge in [-0.3, -0.25) is 10.1 Å². The number of nitrogens with zero attached hydrogens (tertiary/aromatic N) is 4. The number of fused-ring (bicyclic) bond motifs is 1. The second kappa shape index (κ2) is 6.04. The highest BCUT2D eigenvalue weighted by molar-refractivity contribution is 9.10. The summed E-state index contributed by atoms with van der Waals surface area (Å²) in [7, 11) is 1.74. The first-order valence-electron chi connectivity index (χ1n) is 7.02. The zero-order valence-electron chi connectivity index (χ0n) is 12.9. The monoisotopic (exact) mass is 388 g/mol. The standard InChI is InChI=1S/C16H13BrN4O3/c1-9-7-12-14(16(22)20(2)15(12)13(17)8-9)19-18-10-3-5-11(6-4-10)21(23)24/h3-8,22H,1-2H3. The molecular weight excluding hydrogens is 376 g/mol. The van der Waals surface area contributed by atoms with E-state index in [1.807, 2.05) is 19.1 Å². The quantitative estimate of drug-likeness (QED) is 0.375. The molecule has 0 aliphatic heterocycles. The van der Waals surface area contributed by atoms with E-state index < -0.39 is 4.92 Å². The van der Waals surface area contributed by atoms with Crippen molar-refractivity contribution in [2.45, 2.75) is 6.92 Å². The van der Waals surface area contributed by atoms with Crippen LogP contribution >= 0.6 is 15.9 Å². The summed E-state index contributed by atoms with van der Waals surface area (Å²) in [5.74, 6) is 0.00182. The van der Waals surface area contributed by atoms with Crippen molar-refractivity contribution in [1.29, 1.82) is 0 Å². The lowest BCUT2D eigenvalue weighted by Crippen LogP contribution is -1.87. The maximum absolute atomic E-state index is 10.7. The molecule has 0 atom stereocenters. The Balaban J connectivity index is 2.06. The summed E-state index contributed by atoms with van der Waals surface area (Å²) >= 11 is 3.50. The number of aromatic hydroxyl groups is 1. The Morgan fingerprint density at radius 2 is 1.88 bits per heavy atom. The SMILES string of the molecule is Cc1cc(Br)c2c(c1)c(N=Nc1ccc([N+](=O)[O-])cc1)c(O)n2C. The number of nitro benzene ring substituents is 1. The van der Waals surface area contributed by atoms with Gasteiger partial charge >= 0.3 is 0 Å². The molecule has 2 aromatic carbocycles. The zero-order chi connectivity index (χ0) is 17.4. The van der Waals surface area contributed by atoms with Crippen LogP contribution in [0.4, 0.5) is 17.1 Å². The first-order chi connectivity index (χ1) is 11.4. The minimum absolute atomic E-state index is 0.00182. The van der Waals surface area contributed by atoms with E-state index >= 15 is 0 Å². The number of non-ortho nitro benzene ring substituents is 1. The predicted molar refractivity (Wildman–Crippen MR) is 94.3 cm³/mol. The van der Waals surface area contributed by atoms with E-state index in [0.717, 1.165) is 20.9 Å². The maximum atomic E-state index is 10.7. The third-order valence-electron chi connectivity index (χ3n) is 3.65. The Labute approximate surface area is 145 Å². The van der Waals surface area contributed by atoms with E-state index in [1.165, 1.54) is 24.3 Å². The van der Waals surface area contributed by atoms with Gasteiger partial charge in [-0.1, -0.05) is 0 Å². The van der Waals surface area contributed by atoms with Gasteiger partial charge < -0.3 is 9.67 Å². The number of benzene rings is 2. The average molecular weight is 389 g/mol. The lowest BCUT2D eigenvalue weighted by atomic mass is 10.1. The van der Waals surface area contributed by atoms with Crippen LogP contribution in [0.25, 0.3) is 10.9 Å². The van der Waals surface area contributed by atoms with Crippen LogP contribution in [0, 0.1) is 17.0 Å². The Morgan fingerprint density at radius 1 is 1.21 bits per heavy atom. The van der Waals surface area contributed by atoms with Crippen LogP contribution in [0.1, 0.15) is 5.56 Å². The van der Waals surface area contributed by atoms with Crippen LogP contribution in [-0.4, -0.2) is 14.6 Å².